The Morgan fingerprint density at radius 1 is 1.40 bits per heavy atom. The van der Waals surface area contributed by atoms with Crippen molar-refractivity contribution in [3.8, 4) is 0 Å². The first kappa shape index (κ1) is 16.8. The molecule has 1 fully saturated rings. The quantitative estimate of drug-likeness (QED) is 0.567. The second-order valence-corrected chi connectivity index (χ2v) is 5.34. The summed E-state index contributed by atoms with van der Waals surface area (Å²) in [5, 5.41) is 0. The Morgan fingerprint density at radius 2 is 2.10 bits per heavy atom. The summed E-state index contributed by atoms with van der Waals surface area (Å²) >= 11 is 4.78. The lowest BCUT2D eigenvalue weighted by molar-refractivity contribution is -0.134. The van der Waals surface area contributed by atoms with E-state index in [1.165, 1.54) is 0 Å². The highest BCUT2D eigenvalue weighted by molar-refractivity contribution is 7.80. The summed E-state index contributed by atoms with van der Waals surface area (Å²) in [5.74, 6) is -0.421. The molecule has 0 aromatic heterocycles. The fraction of sp³-hybridized carbons (Fsp3) is 0.750. The molecular weight excluding hydrogens is 280 g/mol. The van der Waals surface area contributed by atoms with Crippen molar-refractivity contribution in [2.24, 2.45) is 11.5 Å². The maximum Gasteiger partial charge on any atom is 0.237 e. The van der Waals surface area contributed by atoms with Gasteiger partial charge in [0.15, 0.2) is 0 Å². The first-order valence-corrected chi connectivity index (χ1v) is 6.96. The van der Waals surface area contributed by atoms with E-state index in [1.807, 2.05) is 4.90 Å². The van der Waals surface area contributed by atoms with Crippen LogP contribution in [0.5, 0.6) is 0 Å². The largest absolute Gasteiger partial charge is 0.393 e. The number of amides is 2. The number of carbonyl (C=O) groups is 2. The number of ether oxygens (including phenoxy) is 1. The van der Waals surface area contributed by atoms with Gasteiger partial charge in [-0.2, -0.15) is 0 Å². The average molecular weight is 302 g/mol. The van der Waals surface area contributed by atoms with Gasteiger partial charge in [-0.15, -0.1) is 0 Å². The molecule has 20 heavy (non-hydrogen) atoms. The van der Waals surface area contributed by atoms with Crippen molar-refractivity contribution >= 4 is 29.0 Å². The summed E-state index contributed by atoms with van der Waals surface area (Å²) in [7, 11) is 1.71. The monoisotopic (exact) mass is 302 g/mol. The number of thiocarbonyl (C=S) groups is 1. The lowest BCUT2D eigenvalue weighted by atomic mass is 10.2. The van der Waals surface area contributed by atoms with Crippen LogP contribution in [0.1, 0.15) is 12.8 Å². The predicted octanol–water partition coefficient (Wildman–Crippen LogP) is -1.30. The Hall–Kier alpha value is -1.25. The van der Waals surface area contributed by atoms with Gasteiger partial charge < -0.3 is 21.1 Å². The van der Waals surface area contributed by atoms with Gasteiger partial charge in [-0.3, -0.25) is 14.5 Å². The Labute approximate surface area is 124 Å². The lowest BCUT2D eigenvalue weighted by Gasteiger charge is -2.33. The summed E-state index contributed by atoms with van der Waals surface area (Å²) in [6.45, 7) is 2.46. The van der Waals surface area contributed by atoms with Crippen molar-refractivity contribution in [3.63, 3.8) is 0 Å². The van der Waals surface area contributed by atoms with Crippen LogP contribution in [-0.2, 0) is 14.3 Å². The van der Waals surface area contributed by atoms with E-state index >= 15 is 0 Å². The molecule has 1 rings (SSSR count). The molecule has 0 radical (unpaired) electrons. The van der Waals surface area contributed by atoms with Crippen molar-refractivity contribution in [2.45, 2.75) is 18.9 Å². The molecule has 1 saturated heterocycles. The average Bonchev–Trinajstić information content (AvgIpc) is 2.42. The third-order valence-corrected chi connectivity index (χ3v) is 3.50. The number of carbonyl (C=O) groups excluding carboxylic acids is 2. The highest BCUT2D eigenvalue weighted by Crippen LogP contribution is 2.08. The first-order valence-electron chi connectivity index (χ1n) is 6.55. The van der Waals surface area contributed by atoms with Crippen LogP contribution in [0.4, 0.5) is 0 Å². The van der Waals surface area contributed by atoms with E-state index < -0.39 is 11.9 Å². The summed E-state index contributed by atoms with van der Waals surface area (Å²) < 4.78 is 5.23. The fourth-order valence-electron chi connectivity index (χ4n) is 2.00. The molecule has 114 valence electrons. The highest BCUT2D eigenvalue weighted by atomic mass is 32.1. The molecule has 1 heterocycles. The Morgan fingerprint density at radius 3 is 2.70 bits per heavy atom. The topological polar surface area (TPSA) is 102 Å². The molecule has 0 bridgehead atoms. The minimum Gasteiger partial charge on any atom is -0.393 e. The van der Waals surface area contributed by atoms with E-state index in [2.05, 4.69) is 0 Å². The van der Waals surface area contributed by atoms with Gasteiger partial charge in [0.1, 0.15) is 6.04 Å². The van der Waals surface area contributed by atoms with Gasteiger partial charge in [0.05, 0.1) is 18.2 Å². The number of nitrogens with two attached hydrogens (primary N) is 2. The smallest absolute Gasteiger partial charge is 0.237 e. The summed E-state index contributed by atoms with van der Waals surface area (Å²) in [4.78, 5) is 27.1. The minimum absolute atomic E-state index is 0.00374. The second kappa shape index (κ2) is 8.13. The summed E-state index contributed by atoms with van der Waals surface area (Å²) in [6.07, 6.45) is 0.844. The van der Waals surface area contributed by atoms with Gasteiger partial charge in [0, 0.05) is 39.5 Å². The van der Waals surface area contributed by atoms with Crippen molar-refractivity contribution < 1.29 is 14.3 Å². The molecule has 4 N–H and O–H groups in total. The number of primary amides is 1. The minimum atomic E-state index is -0.446. The van der Waals surface area contributed by atoms with Crippen molar-refractivity contribution in [1.29, 1.82) is 0 Å². The third-order valence-electron chi connectivity index (χ3n) is 3.30. The van der Waals surface area contributed by atoms with Crippen LogP contribution in [0.25, 0.3) is 0 Å². The van der Waals surface area contributed by atoms with E-state index in [9.17, 15) is 9.59 Å². The van der Waals surface area contributed by atoms with Crippen molar-refractivity contribution in [1.82, 2.24) is 9.80 Å². The van der Waals surface area contributed by atoms with E-state index in [4.69, 9.17) is 28.4 Å². The molecule has 2 amide bonds. The van der Waals surface area contributed by atoms with Gasteiger partial charge in [-0.05, 0) is 0 Å². The van der Waals surface area contributed by atoms with Crippen LogP contribution in [0.2, 0.25) is 0 Å². The molecule has 1 aliphatic rings. The van der Waals surface area contributed by atoms with E-state index in [-0.39, 0.29) is 5.91 Å². The Balaban J connectivity index is 2.38. The van der Waals surface area contributed by atoms with Crippen LogP contribution in [0, 0.1) is 0 Å². The zero-order valence-corrected chi connectivity index (χ0v) is 12.5. The molecule has 1 aliphatic heterocycles. The van der Waals surface area contributed by atoms with E-state index in [1.54, 1.807) is 11.9 Å². The number of morpholine rings is 1. The molecule has 0 saturated carbocycles. The molecule has 0 aliphatic carbocycles. The van der Waals surface area contributed by atoms with Crippen molar-refractivity contribution in [2.75, 3.05) is 39.9 Å². The SMILES string of the molecule is CN(CCC(N)=S)C(=O)CCN1CCOCC1C(N)=O. The molecule has 8 heteroatoms. The number of hydrogen-bond acceptors (Lipinski definition) is 5. The molecule has 0 aromatic rings. The molecule has 0 aromatic carbocycles. The highest BCUT2D eigenvalue weighted by Gasteiger charge is 2.27. The lowest BCUT2D eigenvalue weighted by Crippen LogP contribution is -2.53. The Kier molecular flexibility index (Phi) is 6.83. The predicted molar refractivity (Wildman–Crippen MR) is 79.0 cm³/mol. The van der Waals surface area contributed by atoms with Gasteiger partial charge >= 0.3 is 0 Å². The van der Waals surface area contributed by atoms with Gasteiger partial charge in [0.2, 0.25) is 11.8 Å². The molecule has 1 unspecified atom stereocenters. The zero-order valence-electron chi connectivity index (χ0n) is 11.7. The van der Waals surface area contributed by atoms with Crippen LogP contribution in [0.3, 0.4) is 0 Å². The van der Waals surface area contributed by atoms with E-state index in [0.29, 0.717) is 50.7 Å². The van der Waals surface area contributed by atoms with Gasteiger partial charge in [0.25, 0.3) is 0 Å². The van der Waals surface area contributed by atoms with Crippen LogP contribution in [-0.4, -0.2) is 72.5 Å². The maximum atomic E-state index is 11.9. The van der Waals surface area contributed by atoms with Gasteiger partial charge in [-0.25, -0.2) is 0 Å². The first-order chi connectivity index (χ1) is 9.41. The molecule has 7 nitrogen and oxygen atoms in total. The fourth-order valence-corrected chi connectivity index (χ4v) is 2.09. The number of rotatable bonds is 7. The summed E-state index contributed by atoms with van der Waals surface area (Å²) in [5.41, 5.74) is 10.7. The van der Waals surface area contributed by atoms with Gasteiger partial charge in [-0.1, -0.05) is 12.2 Å². The number of nitrogens with zero attached hydrogens (tertiary/aromatic N) is 2. The zero-order chi connectivity index (χ0) is 15.1. The molecule has 1 atom stereocenters. The van der Waals surface area contributed by atoms with Crippen LogP contribution < -0.4 is 11.5 Å². The Bertz CT molecular complexity index is 378. The summed E-state index contributed by atoms with van der Waals surface area (Å²) in [6, 6.07) is -0.446. The van der Waals surface area contributed by atoms with Crippen LogP contribution >= 0.6 is 12.2 Å². The van der Waals surface area contributed by atoms with Crippen molar-refractivity contribution in [3.05, 3.63) is 0 Å². The molecule has 0 spiro atoms. The molecular formula is C12H22N4O3S. The van der Waals surface area contributed by atoms with E-state index in [0.717, 1.165) is 0 Å². The maximum absolute atomic E-state index is 11.9. The normalized spacial score (nSPS) is 19.6. The van der Waals surface area contributed by atoms with Crippen LogP contribution in [0.15, 0.2) is 0 Å². The second-order valence-electron chi connectivity index (χ2n) is 4.81. The third kappa shape index (κ3) is 5.40. The number of hydrogen-bond donors (Lipinski definition) is 2. The standard InChI is InChI=1S/C12H22N4O3S/c1-15(4-2-10(13)20)11(17)3-5-16-6-7-19-8-9(16)12(14)18/h9H,2-8H2,1H3,(H2,13,20)(H2,14,18).